The number of aromatic nitrogens is 2. The number of aromatic carboxylic acids is 1. The normalized spacial score (nSPS) is 11.3. The zero-order chi connectivity index (χ0) is 13.8. The van der Waals surface area contributed by atoms with Crippen LogP contribution >= 0.6 is 0 Å². The van der Waals surface area contributed by atoms with Gasteiger partial charge in [-0.3, -0.25) is 9.48 Å². The van der Waals surface area contributed by atoms with Crippen molar-refractivity contribution in [3.63, 3.8) is 0 Å². The molecule has 0 amide bonds. The van der Waals surface area contributed by atoms with Crippen molar-refractivity contribution in [3.8, 4) is 0 Å². The highest BCUT2D eigenvalue weighted by Crippen LogP contribution is 2.21. The fraction of sp³-hybridized carbons (Fsp3) is 0.583. The Hall–Kier alpha value is -1.85. The van der Waals surface area contributed by atoms with Crippen LogP contribution in [0.5, 0.6) is 0 Å². The van der Waals surface area contributed by atoms with Crippen LogP contribution in [0.4, 0.5) is 0 Å². The average molecular weight is 254 g/mol. The lowest BCUT2D eigenvalue weighted by Gasteiger charge is -2.20. The molecular weight excluding hydrogens is 236 g/mol. The minimum atomic E-state index is -1.07. The summed E-state index contributed by atoms with van der Waals surface area (Å²) in [4.78, 5) is 22.3. The molecule has 0 radical (unpaired) electrons. The van der Waals surface area contributed by atoms with Gasteiger partial charge < -0.3 is 9.84 Å². The van der Waals surface area contributed by atoms with Gasteiger partial charge in [-0.15, -0.1) is 0 Å². The molecule has 0 atom stereocenters. The van der Waals surface area contributed by atoms with E-state index in [9.17, 15) is 9.59 Å². The van der Waals surface area contributed by atoms with Crippen LogP contribution in [0.25, 0.3) is 0 Å². The Morgan fingerprint density at radius 3 is 2.67 bits per heavy atom. The number of carbonyl (C=O) groups excluding carboxylic acids is 1. The summed E-state index contributed by atoms with van der Waals surface area (Å²) in [5.41, 5.74) is -0.508. The fourth-order valence-corrected chi connectivity index (χ4v) is 1.17. The van der Waals surface area contributed by atoms with Crippen molar-refractivity contribution in [2.75, 3.05) is 6.61 Å². The largest absolute Gasteiger partial charge is 0.476 e. The van der Waals surface area contributed by atoms with Gasteiger partial charge in [-0.25, -0.2) is 4.79 Å². The first kappa shape index (κ1) is 14.2. The van der Waals surface area contributed by atoms with Gasteiger partial charge in [0.25, 0.3) is 0 Å². The minimum Gasteiger partial charge on any atom is -0.476 e. The van der Waals surface area contributed by atoms with E-state index >= 15 is 0 Å². The van der Waals surface area contributed by atoms with Crippen LogP contribution in [0.3, 0.4) is 0 Å². The molecule has 1 heterocycles. The minimum absolute atomic E-state index is 0.0183. The topological polar surface area (TPSA) is 81.4 Å². The number of carboxylic acids is 1. The van der Waals surface area contributed by atoms with Gasteiger partial charge in [0.15, 0.2) is 5.69 Å². The monoisotopic (exact) mass is 254 g/mol. The molecule has 1 N–H and O–H groups in total. The second-order valence-electron chi connectivity index (χ2n) is 4.64. The lowest BCUT2D eigenvalue weighted by atomic mass is 9.91. The van der Waals surface area contributed by atoms with Gasteiger partial charge in [0.1, 0.15) is 6.61 Å². The number of carboxylic acid groups (broad SMARTS) is 1. The predicted octanol–water partition coefficient (Wildman–Crippen LogP) is 1.56. The molecule has 0 aliphatic heterocycles. The Morgan fingerprint density at radius 2 is 2.17 bits per heavy atom. The number of carbonyl (C=O) groups is 2. The van der Waals surface area contributed by atoms with Crippen LogP contribution in [-0.2, 0) is 16.1 Å². The Kier molecular flexibility index (Phi) is 4.47. The number of esters is 1. The first-order valence-electron chi connectivity index (χ1n) is 5.81. The summed E-state index contributed by atoms with van der Waals surface area (Å²) in [5, 5.41) is 12.5. The van der Waals surface area contributed by atoms with E-state index in [2.05, 4.69) is 5.10 Å². The first-order chi connectivity index (χ1) is 8.36. The average Bonchev–Trinajstić information content (AvgIpc) is 2.77. The molecule has 1 rings (SSSR count). The van der Waals surface area contributed by atoms with Crippen molar-refractivity contribution in [1.29, 1.82) is 0 Å². The summed E-state index contributed by atoms with van der Waals surface area (Å²) in [6.45, 7) is 6.10. The lowest BCUT2D eigenvalue weighted by Crippen LogP contribution is -2.27. The maximum absolute atomic E-state index is 11.7. The third kappa shape index (κ3) is 3.58. The second-order valence-corrected chi connectivity index (χ2v) is 4.64. The molecule has 0 aromatic carbocycles. The molecule has 18 heavy (non-hydrogen) atoms. The van der Waals surface area contributed by atoms with E-state index in [1.807, 2.05) is 20.8 Å². The summed E-state index contributed by atoms with van der Waals surface area (Å²) in [6, 6.07) is 1.40. The third-order valence-corrected chi connectivity index (χ3v) is 2.85. The van der Waals surface area contributed by atoms with E-state index in [1.54, 1.807) is 6.20 Å². The van der Waals surface area contributed by atoms with E-state index in [0.29, 0.717) is 13.0 Å². The molecule has 0 aliphatic carbocycles. The summed E-state index contributed by atoms with van der Waals surface area (Å²) in [5.74, 6) is -1.33. The van der Waals surface area contributed by atoms with Crippen molar-refractivity contribution in [3.05, 3.63) is 18.0 Å². The Bertz CT molecular complexity index is 437. The van der Waals surface area contributed by atoms with Crippen LogP contribution in [0.15, 0.2) is 12.3 Å². The molecule has 6 nitrogen and oxygen atoms in total. The molecule has 100 valence electrons. The van der Waals surface area contributed by atoms with Gasteiger partial charge >= 0.3 is 11.9 Å². The highest BCUT2D eigenvalue weighted by atomic mass is 16.5. The molecule has 0 saturated carbocycles. The standard InChI is InChI=1S/C12H18N2O4/c1-4-12(2,3)11(17)18-8-7-14-6-5-9(13-14)10(15)16/h5-6H,4,7-8H2,1-3H3,(H,15,16). The molecule has 6 heteroatoms. The molecule has 0 unspecified atom stereocenters. The molecule has 0 spiro atoms. The van der Waals surface area contributed by atoms with Crippen LogP contribution < -0.4 is 0 Å². The van der Waals surface area contributed by atoms with Gasteiger partial charge in [0.2, 0.25) is 0 Å². The quantitative estimate of drug-likeness (QED) is 0.779. The summed E-state index contributed by atoms with van der Waals surface area (Å²) >= 11 is 0. The first-order valence-corrected chi connectivity index (χ1v) is 5.81. The Labute approximate surface area is 106 Å². The Morgan fingerprint density at radius 1 is 1.50 bits per heavy atom. The van der Waals surface area contributed by atoms with Gasteiger partial charge in [-0.05, 0) is 26.3 Å². The van der Waals surface area contributed by atoms with E-state index in [1.165, 1.54) is 10.7 Å². The number of ether oxygens (including phenoxy) is 1. The second kappa shape index (κ2) is 5.66. The van der Waals surface area contributed by atoms with E-state index in [0.717, 1.165) is 0 Å². The van der Waals surface area contributed by atoms with E-state index < -0.39 is 11.4 Å². The van der Waals surface area contributed by atoms with E-state index in [-0.39, 0.29) is 18.3 Å². The van der Waals surface area contributed by atoms with Crippen molar-refractivity contribution in [2.45, 2.75) is 33.7 Å². The van der Waals surface area contributed by atoms with Crippen LogP contribution in [-0.4, -0.2) is 33.4 Å². The SMILES string of the molecule is CCC(C)(C)C(=O)OCCn1ccc(C(=O)O)n1. The fourth-order valence-electron chi connectivity index (χ4n) is 1.17. The van der Waals surface area contributed by atoms with E-state index in [4.69, 9.17) is 9.84 Å². The van der Waals surface area contributed by atoms with Crippen molar-refractivity contribution in [2.24, 2.45) is 5.41 Å². The van der Waals surface area contributed by atoms with Gasteiger partial charge in [-0.2, -0.15) is 5.10 Å². The van der Waals surface area contributed by atoms with Crippen LogP contribution in [0, 0.1) is 5.41 Å². The summed E-state index contributed by atoms with van der Waals surface area (Å²) in [7, 11) is 0. The number of nitrogens with zero attached hydrogens (tertiary/aromatic N) is 2. The number of hydrogen-bond donors (Lipinski definition) is 1. The zero-order valence-electron chi connectivity index (χ0n) is 10.8. The maximum atomic E-state index is 11.7. The number of rotatable bonds is 6. The molecule has 0 saturated heterocycles. The van der Waals surface area contributed by atoms with Gasteiger partial charge in [0, 0.05) is 6.20 Å². The molecule has 1 aromatic heterocycles. The highest BCUT2D eigenvalue weighted by Gasteiger charge is 2.26. The molecule has 0 bridgehead atoms. The van der Waals surface area contributed by atoms with Crippen molar-refractivity contribution in [1.82, 2.24) is 9.78 Å². The molecule has 0 aliphatic rings. The Balaban J connectivity index is 2.42. The molecule has 0 fully saturated rings. The highest BCUT2D eigenvalue weighted by molar-refractivity contribution is 5.85. The zero-order valence-corrected chi connectivity index (χ0v) is 10.8. The smallest absolute Gasteiger partial charge is 0.356 e. The maximum Gasteiger partial charge on any atom is 0.356 e. The summed E-state index contributed by atoms with van der Waals surface area (Å²) < 4.78 is 6.56. The van der Waals surface area contributed by atoms with Crippen molar-refractivity contribution < 1.29 is 19.4 Å². The lowest BCUT2D eigenvalue weighted by molar-refractivity contribution is -0.154. The van der Waals surface area contributed by atoms with Crippen LogP contribution in [0.2, 0.25) is 0 Å². The predicted molar refractivity (Wildman–Crippen MR) is 64.2 cm³/mol. The third-order valence-electron chi connectivity index (χ3n) is 2.85. The van der Waals surface area contributed by atoms with Gasteiger partial charge in [-0.1, -0.05) is 6.92 Å². The van der Waals surface area contributed by atoms with Crippen LogP contribution in [0.1, 0.15) is 37.7 Å². The van der Waals surface area contributed by atoms with Gasteiger partial charge in [0.05, 0.1) is 12.0 Å². The summed E-state index contributed by atoms with van der Waals surface area (Å²) in [6.07, 6.45) is 2.25. The number of hydrogen-bond acceptors (Lipinski definition) is 4. The molecular formula is C12H18N2O4. The van der Waals surface area contributed by atoms with Crippen molar-refractivity contribution >= 4 is 11.9 Å². The molecule has 1 aromatic rings.